The number of nitrogens with one attached hydrogen (secondary N) is 1. The smallest absolute Gasteiger partial charge is 0.0837 e. The molecule has 0 aliphatic carbocycles. The predicted molar refractivity (Wildman–Crippen MR) is 84.7 cm³/mol. The van der Waals surface area contributed by atoms with Crippen LogP contribution in [0.25, 0.3) is 0 Å². The molecule has 5 heteroatoms. The van der Waals surface area contributed by atoms with Crippen LogP contribution in [-0.2, 0) is 0 Å². The summed E-state index contributed by atoms with van der Waals surface area (Å²) in [7, 11) is 1.92. The topological polar surface area (TPSA) is 29.9 Å². The summed E-state index contributed by atoms with van der Waals surface area (Å²) in [5, 5.41) is 9.08. The fraction of sp³-hybridized carbons (Fsp3) is 0.400. The summed E-state index contributed by atoms with van der Waals surface area (Å²) in [6.07, 6.45) is 1.70. The molecule has 2 aromatic rings. The van der Waals surface area contributed by atoms with Gasteiger partial charge in [0.15, 0.2) is 0 Å². The Balaban J connectivity index is 2.58. The molecular formula is C15H19Cl2N3. The number of hydrogen-bond acceptors (Lipinski definition) is 2. The first-order valence-corrected chi connectivity index (χ1v) is 7.37. The Labute approximate surface area is 129 Å². The van der Waals surface area contributed by atoms with Crippen LogP contribution in [0.3, 0.4) is 0 Å². The van der Waals surface area contributed by atoms with Gasteiger partial charge in [-0.2, -0.15) is 5.10 Å². The van der Waals surface area contributed by atoms with Crippen molar-refractivity contribution in [2.75, 3.05) is 7.05 Å². The SMILES string of the molecule is CNC(c1cc(Cl)ccc1C)c1c(Cl)cnn1C(C)C. The number of halogens is 2. The van der Waals surface area contributed by atoms with Gasteiger partial charge in [0, 0.05) is 11.1 Å². The maximum atomic E-state index is 6.35. The van der Waals surface area contributed by atoms with Gasteiger partial charge in [0.1, 0.15) is 0 Å². The Morgan fingerprint density at radius 3 is 2.55 bits per heavy atom. The zero-order valence-electron chi connectivity index (χ0n) is 12.1. The summed E-state index contributed by atoms with van der Waals surface area (Å²) in [4.78, 5) is 0. The third-order valence-corrected chi connectivity index (χ3v) is 3.92. The Morgan fingerprint density at radius 1 is 1.25 bits per heavy atom. The lowest BCUT2D eigenvalue weighted by molar-refractivity contribution is 0.483. The minimum atomic E-state index is -0.0360. The number of nitrogens with zero attached hydrogens (tertiary/aromatic N) is 2. The Hall–Kier alpha value is -1.03. The van der Waals surface area contributed by atoms with Crippen LogP contribution < -0.4 is 5.32 Å². The van der Waals surface area contributed by atoms with Gasteiger partial charge < -0.3 is 5.32 Å². The van der Waals surface area contributed by atoms with Crippen LogP contribution in [0.5, 0.6) is 0 Å². The quantitative estimate of drug-likeness (QED) is 0.907. The van der Waals surface area contributed by atoms with Crippen molar-refractivity contribution in [3.05, 3.63) is 51.3 Å². The first-order chi connectivity index (χ1) is 9.45. The molecule has 2 rings (SSSR count). The van der Waals surface area contributed by atoms with Crippen LogP contribution in [0.1, 0.15) is 42.8 Å². The molecule has 0 amide bonds. The zero-order chi connectivity index (χ0) is 14.9. The van der Waals surface area contributed by atoms with E-state index >= 15 is 0 Å². The van der Waals surface area contributed by atoms with Crippen molar-refractivity contribution < 1.29 is 0 Å². The molecule has 0 bridgehead atoms. The molecule has 108 valence electrons. The third-order valence-electron chi connectivity index (χ3n) is 3.39. The second-order valence-corrected chi connectivity index (χ2v) is 5.98. The van der Waals surface area contributed by atoms with E-state index in [1.165, 1.54) is 5.56 Å². The van der Waals surface area contributed by atoms with Gasteiger partial charge in [-0.15, -0.1) is 0 Å². The van der Waals surface area contributed by atoms with E-state index in [1.807, 2.05) is 29.9 Å². The van der Waals surface area contributed by atoms with E-state index in [1.54, 1.807) is 6.20 Å². The second-order valence-electron chi connectivity index (χ2n) is 5.14. The first-order valence-electron chi connectivity index (χ1n) is 6.62. The zero-order valence-corrected chi connectivity index (χ0v) is 13.6. The van der Waals surface area contributed by atoms with Crippen molar-refractivity contribution in [2.24, 2.45) is 0 Å². The summed E-state index contributed by atoms with van der Waals surface area (Å²) in [6.45, 7) is 6.24. The van der Waals surface area contributed by atoms with Crippen LogP contribution in [-0.4, -0.2) is 16.8 Å². The van der Waals surface area contributed by atoms with Crippen LogP contribution in [0.4, 0.5) is 0 Å². The van der Waals surface area contributed by atoms with Crippen molar-refractivity contribution in [1.29, 1.82) is 0 Å². The van der Waals surface area contributed by atoms with Gasteiger partial charge in [0.05, 0.1) is 23.0 Å². The molecule has 3 nitrogen and oxygen atoms in total. The van der Waals surface area contributed by atoms with E-state index in [-0.39, 0.29) is 12.1 Å². The molecule has 1 N–H and O–H groups in total. The highest BCUT2D eigenvalue weighted by Gasteiger charge is 2.23. The maximum absolute atomic E-state index is 6.35. The molecule has 0 aliphatic rings. The van der Waals surface area contributed by atoms with Crippen LogP contribution in [0.2, 0.25) is 10.0 Å². The molecule has 1 unspecified atom stereocenters. The normalized spacial score (nSPS) is 12.9. The minimum Gasteiger partial charge on any atom is -0.308 e. The van der Waals surface area contributed by atoms with Crippen molar-refractivity contribution >= 4 is 23.2 Å². The molecule has 1 heterocycles. The lowest BCUT2D eigenvalue weighted by atomic mass is 9.98. The van der Waals surface area contributed by atoms with Crippen LogP contribution >= 0.6 is 23.2 Å². The molecule has 0 fully saturated rings. The van der Waals surface area contributed by atoms with Gasteiger partial charge in [-0.3, -0.25) is 4.68 Å². The number of rotatable bonds is 4. The Kier molecular flexibility index (Phi) is 4.74. The van der Waals surface area contributed by atoms with Crippen LogP contribution in [0.15, 0.2) is 24.4 Å². The number of hydrogen-bond donors (Lipinski definition) is 1. The molecule has 0 saturated carbocycles. The van der Waals surface area contributed by atoms with E-state index in [0.29, 0.717) is 5.02 Å². The number of aryl methyl sites for hydroxylation is 1. The average molecular weight is 312 g/mol. The van der Waals surface area contributed by atoms with Crippen molar-refractivity contribution in [1.82, 2.24) is 15.1 Å². The highest BCUT2D eigenvalue weighted by molar-refractivity contribution is 6.31. The van der Waals surface area contributed by atoms with Crippen LogP contribution in [0, 0.1) is 6.92 Å². The van der Waals surface area contributed by atoms with Gasteiger partial charge >= 0.3 is 0 Å². The second kappa shape index (κ2) is 6.17. The Morgan fingerprint density at radius 2 is 1.95 bits per heavy atom. The molecule has 0 spiro atoms. The maximum Gasteiger partial charge on any atom is 0.0837 e. The van der Waals surface area contributed by atoms with E-state index in [0.717, 1.165) is 16.3 Å². The number of benzene rings is 1. The van der Waals surface area contributed by atoms with Gasteiger partial charge in [-0.05, 0) is 51.1 Å². The lowest BCUT2D eigenvalue weighted by Gasteiger charge is -2.22. The molecular weight excluding hydrogens is 293 g/mol. The lowest BCUT2D eigenvalue weighted by Crippen LogP contribution is -2.23. The van der Waals surface area contributed by atoms with E-state index < -0.39 is 0 Å². The highest BCUT2D eigenvalue weighted by Crippen LogP contribution is 2.32. The minimum absolute atomic E-state index is 0.0360. The molecule has 1 aromatic carbocycles. The van der Waals surface area contributed by atoms with Gasteiger partial charge in [-0.25, -0.2) is 0 Å². The molecule has 1 atom stereocenters. The Bertz CT molecular complexity index is 605. The highest BCUT2D eigenvalue weighted by atomic mass is 35.5. The van der Waals surface area contributed by atoms with Crippen molar-refractivity contribution in [3.63, 3.8) is 0 Å². The summed E-state index contributed by atoms with van der Waals surface area (Å²) in [5.41, 5.74) is 3.25. The van der Waals surface area contributed by atoms with Gasteiger partial charge in [0.25, 0.3) is 0 Å². The average Bonchev–Trinajstić information content (AvgIpc) is 2.77. The third kappa shape index (κ3) is 2.85. The van der Waals surface area contributed by atoms with E-state index in [4.69, 9.17) is 23.2 Å². The summed E-state index contributed by atoms with van der Waals surface area (Å²) in [6, 6.07) is 6.10. The van der Waals surface area contributed by atoms with Crippen molar-refractivity contribution in [3.8, 4) is 0 Å². The fourth-order valence-corrected chi connectivity index (χ4v) is 2.81. The first kappa shape index (κ1) is 15.4. The van der Waals surface area contributed by atoms with Crippen molar-refractivity contribution in [2.45, 2.75) is 32.9 Å². The largest absolute Gasteiger partial charge is 0.308 e. The van der Waals surface area contributed by atoms with Gasteiger partial charge in [-0.1, -0.05) is 29.3 Å². The fourth-order valence-electron chi connectivity index (χ4n) is 2.39. The summed E-state index contributed by atoms with van der Waals surface area (Å²) < 4.78 is 1.95. The van der Waals surface area contributed by atoms with Gasteiger partial charge in [0.2, 0.25) is 0 Å². The van der Waals surface area contributed by atoms with E-state index in [9.17, 15) is 0 Å². The number of aromatic nitrogens is 2. The molecule has 20 heavy (non-hydrogen) atoms. The molecule has 1 aromatic heterocycles. The monoisotopic (exact) mass is 311 g/mol. The van der Waals surface area contributed by atoms with E-state index in [2.05, 4.69) is 31.2 Å². The molecule has 0 saturated heterocycles. The predicted octanol–water partition coefficient (Wildman–Crippen LogP) is 4.39. The molecule has 0 aliphatic heterocycles. The molecule has 0 radical (unpaired) electrons. The summed E-state index contributed by atoms with van der Waals surface area (Å²) >= 11 is 12.5. The standard InChI is InChI=1S/C15H19Cl2N3/c1-9(2)20-15(13(17)8-19-20)14(18-4)12-7-11(16)6-5-10(12)3/h5-9,14,18H,1-4H3. The summed E-state index contributed by atoms with van der Waals surface area (Å²) in [5.74, 6) is 0.